The van der Waals surface area contributed by atoms with Gasteiger partial charge >= 0.3 is 0 Å². The van der Waals surface area contributed by atoms with Gasteiger partial charge < -0.3 is 25.2 Å². The second kappa shape index (κ2) is 10.9. The Morgan fingerprint density at radius 2 is 1.95 bits per heavy atom. The number of nitrogens with zero attached hydrogens (tertiary/aromatic N) is 6. The zero-order valence-electron chi connectivity index (χ0n) is 20.7. The lowest BCUT2D eigenvalue weighted by molar-refractivity contribution is -0.111. The number of ether oxygens (including phenoxy) is 1. The first-order valence-electron chi connectivity index (χ1n) is 11.8. The number of aromatic nitrogens is 4. The van der Waals surface area contributed by atoms with Gasteiger partial charge in [0.25, 0.3) is 0 Å². The monoisotopic (exact) mass is 516 g/mol. The Hall–Kier alpha value is -4.09. The lowest BCUT2D eigenvalue weighted by atomic mass is 10.2. The molecule has 190 valence electrons. The number of carbonyl (C=O) groups is 1. The second-order valence-electron chi connectivity index (χ2n) is 8.55. The molecular formula is C26H28N8O2S. The van der Waals surface area contributed by atoms with Gasteiger partial charge in [-0.05, 0) is 55.2 Å². The number of piperazine rings is 1. The van der Waals surface area contributed by atoms with Gasteiger partial charge in [0, 0.05) is 54.6 Å². The highest BCUT2D eigenvalue weighted by Gasteiger charge is 2.17. The number of anilines is 4. The summed E-state index contributed by atoms with van der Waals surface area (Å²) in [5.74, 6) is 0.878. The molecule has 3 heterocycles. The number of rotatable bonds is 8. The van der Waals surface area contributed by atoms with Gasteiger partial charge in [-0.25, -0.2) is 0 Å². The molecule has 5 rings (SSSR count). The number of amides is 1. The maximum Gasteiger partial charge on any atom is 0.247 e. The van der Waals surface area contributed by atoms with Gasteiger partial charge in [0.15, 0.2) is 10.8 Å². The third kappa shape index (κ3) is 5.68. The van der Waals surface area contributed by atoms with Gasteiger partial charge in [-0.2, -0.15) is 19.6 Å². The van der Waals surface area contributed by atoms with Crippen LogP contribution in [0, 0.1) is 0 Å². The number of hydrogen-bond donors (Lipinski definition) is 2. The van der Waals surface area contributed by atoms with Crippen LogP contribution in [0.2, 0.25) is 0 Å². The lowest BCUT2D eigenvalue weighted by Crippen LogP contribution is -2.44. The van der Waals surface area contributed by atoms with Crippen LogP contribution >= 0.6 is 11.8 Å². The highest BCUT2D eigenvalue weighted by molar-refractivity contribution is 7.99. The molecule has 0 bridgehead atoms. The van der Waals surface area contributed by atoms with Gasteiger partial charge in [0.05, 0.1) is 19.0 Å². The van der Waals surface area contributed by atoms with Crippen molar-refractivity contribution in [3.05, 3.63) is 67.4 Å². The minimum atomic E-state index is -0.266. The van der Waals surface area contributed by atoms with E-state index < -0.39 is 0 Å². The van der Waals surface area contributed by atoms with Crippen LogP contribution < -0.4 is 20.3 Å². The Labute approximate surface area is 219 Å². The molecule has 0 radical (unpaired) electrons. The van der Waals surface area contributed by atoms with Crippen molar-refractivity contribution in [1.29, 1.82) is 0 Å². The Bertz CT molecular complexity index is 1430. The third-order valence-corrected chi connectivity index (χ3v) is 6.96. The molecule has 1 aliphatic rings. The van der Waals surface area contributed by atoms with Crippen molar-refractivity contribution in [1.82, 2.24) is 24.5 Å². The molecule has 0 atom stereocenters. The first-order chi connectivity index (χ1) is 18.0. The summed E-state index contributed by atoms with van der Waals surface area (Å²) in [5.41, 5.74) is 3.23. The van der Waals surface area contributed by atoms with E-state index in [2.05, 4.69) is 50.2 Å². The predicted octanol–water partition coefficient (Wildman–Crippen LogP) is 3.90. The van der Waals surface area contributed by atoms with Crippen molar-refractivity contribution in [3.8, 4) is 5.75 Å². The van der Waals surface area contributed by atoms with Crippen LogP contribution in [-0.2, 0) is 4.79 Å². The minimum absolute atomic E-state index is 0.266. The van der Waals surface area contributed by atoms with Crippen molar-refractivity contribution in [2.45, 2.75) is 10.1 Å². The molecule has 10 nitrogen and oxygen atoms in total. The van der Waals surface area contributed by atoms with Crippen LogP contribution in [0.5, 0.6) is 5.75 Å². The van der Waals surface area contributed by atoms with E-state index in [0.29, 0.717) is 28.2 Å². The van der Waals surface area contributed by atoms with Gasteiger partial charge in [-0.1, -0.05) is 12.6 Å². The number of fused-ring (bicyclic) bond motifs is 1. The van der Waals surface area contributed by atoms with Crippen LogP contribution in [0.4, 0.5) is 23.0 Å². The number of benzene rings is 2. The minimum Gasteiger partial charge on any atom is -0.494 e. The molecule has 4 aromatic rings. The fourth-order valence-electron chi connectivity index (χ4n) is 4.02. The number of hydrogen-bond acceptors (Lipinski definition) is 9. The summed E-state index contributed by atoms with van der Waals surface area (Å²) in [4.78, 5) is 26.6. The van der Waals surface area contributed by atoms with E-state index in [1.807, 2.05) is 42.5 Å². The average Bonchev–Trinajstić information content (AvgIpc) is 3.39. The summed E-state index contributed by atoms with van der Waals surface area (Å²) in [6, 6.07) is 15.5. The van der Waals surface area contributed by atoms with E-state index in [9.17, 15) is 4.79 Å². The fourth-order valence-corrected chi connectivity index (χ4v) is 4.93. The van der Waals surface area contributed by atoms with Crippen molar-refractivity contribution in [3.63, 3.8) is 0 Å². The number of carbonyl (C=O) groups excluding carboxylic acids is 1. The molecule has 0 saturated carbocycles. The van der Waals surface area contributed by atoms with Crippen molar-refractivity contribution in [2.75, 3.05) is 55.9 Å². The predicted molar refractivity (Wildman–Crippen MR) is 146 cm³/mol. The zero-order valence-corrected chi connectivity index (χ0v) is 21.5. The number of methoxy groups -OCH3 is 1. The van der Waals surface area contributed by atoms with Crippen LogP contribution in [-0.4, -0.2) is 70.7 Å². The molecule has 1 saturated heterocycles. The molecule has 0 aliphatic carbocycles. The summed E-state index contributed by atoms with van der Waals surface area (Å²) in [7, 11) is 3.81. The van der Waals surface area contributed by atoms with Gasteiger partial charge in [0.2, 0.25) is 11.9 Å². The Kier molecular flexibility index (Phi) is 7.24. The standard InChI is InChI=1S/C26H28N8O2S/c1-4-24(35)28-18-6-5-7-20(16-18)37-26-31-25(30-23-10-11-27-34(23)26)29-21-9-8-19(17-22(21)36-3)33-14-12-32(2)13-15-33/h4-11,16-17H,1,12-15H2,2-3H3,(H,28,35)(H,29,30). The van der Waals surface area contributed by atoms with Crippen LogP contribution in [0.15, 0.2) is 77.4 Å². The quantitative estimate of drug-likeness (QED) is 0.338. The van der Waals surface area contributed by atoms with E-state index in [0.717, 1.165) is 42.4 Å². The summed E-state index contributed by atoms with van der Waals surface area (Å²) in [6.07, 6.45) is 2.92. The van der Waals surface area contributed by atoms with Gasteiger partial charge in [-0.3, -0.25) is 4.79 Å². The normalized spacial score (nSPS) is 13.9. The number of nitrogens with one attached hydrogen (secondary N) is 2. The maximum absolute atomic E-state index is 11.7. The van der Waals surface area contributed by atoms with Crippen LogP contribution in [0.25, 0.3) is 5.65 Å². The summed E-state index contributed by atoms with van der Waals surface area (Å²) >= 11 is 1.42. The molecule has 2 aromatic heterocycles. The molecule has 1 amide bonds. The summed E-state index contributed by atoms with van der Waals surface area (Å²) < 4.78 is 7.38. The Morgan fingerprint density at radius 3 is 2.73 bits per heavy atom. The molecule has 2 aromatic carbocycles. The molecule has 0 spiro atoms. The number of likely N-dealkylation sites (N-methyl/N-ethyl adjacent to an activating group) is 1. The second-order valence-corrected chi connectivity index (χ2v) is 9.59. The van der Waals surface area contributed by atoms with Crippen molar-refractivity contribution >= 4 is 46.3 Å². The van der Waals surface area contributed by atoms with Gasteiger partial charge in [0.1, 0.15) is 5.75 Å². The van der Waals surface area contributed by atoms with Crippen molar-refractivity contribution < 1.29 is 9.53 Å². The van der Waals surface area contributed by atoms with E-state index in [1.165, 1.54) is 17.8 Å². The van der Waals surface area contributed by atoms with Crippen LogP contribution in [0.1, 0.15) is 0 Å². The maximum atomic E-state index is 11.7. The highest BCUT2D eigenvalue weighted by Crippen LogP contribution is 2.33. The molecule has 1 fully saturated rings. The fraction of sp³-hybridized carbons (Fsp3) is 0.231. The molecule has 2 N–H and O–H groups in total. The van der Waals surface area contributed by atoms with Gasteiger partial charge in [-0.15, -0.1) is 0 Å². The lowest BCUT2D eigenvalue weighted by Gasteiger charge is -2.34. The molecular weight excluding hydrogens is 488 g/mol. The molecule has 11 heteroatoms. The summed E-state index contributed by atoms with van der Waals surface area (Å²) in [5, 5.41) is 11.1. The Morgan fingerprint density at radius 1 is 1.11 bits per heavy atom. The molecule has 37 heavy (non-hydrogen) atoms. The largest absolute Gasteiger partial charge is 0.494 e. The van der Waals surface area contributed by atoms with Crippen LogP contribution in [0.3, 0.4) is 0 Å². The van der Waals surface area contributed by atoms with E-state index >= 15 is 0 Å². The highest BCUT2D eigenvalue weighted by atomic mass is 32.2. The SMILES string of the molecule is C=CC(=O)Nc1cccc(Sc2nc(Nc3ccc(N4CCN(C)CC4)cc3OC)nc3ccnn23)c1. The topological polar surface area (TPSA) is 99.9 Å². The van der Waals surface area contributed by atoms with E-state index in [4.69, 9.17) is 9.72 Å². The molecule has 0 unspecified atom stereocenters. The van der Waals surface area contributed by atoms with Crippen molar-refractivity contribution in [2.24, 2.45) is 0 Å². The smallest absolute Gasteiger partial charge is 0.247 e. The first kappa shape index (κ1) is 24.6. The van der Waals surface area contributed by atoms with E-state index in [-0.39, 0.29) is 5.91 Å². The zero-order chi connectivity index (χ0) is 25.8. The third-order valence-electron chi connectivity index (χ3n) is 6.02. The first-order valence-corrected chi connectivity index (χ1v) is 12.7. The Balaban J connectivity index is 1.40. The summed E-state index contributed by atoms with van der Waals surface area (Å²) in [6.45, 7) is 7.52. The molecule has 1 aliphatic heterocycles. The average molecular weight is 517 g/mol. The van der Waals surface area contributed by atoms with E-state index in [1.54, 1.807) is 17.8 Å².